The maximum Gasteiger partial charge on any atom is 0.230 e. The number of hydrogen-bond acceptors (Lipinski definition) is 7. The molecule has 0 atom stereocenters. The molecule has 10 nitrogen and oxygen atoms in total. The van der Waals surface area contributed by atoms with Crippen LogP contribution in [0, 0.1) is 0 Å². The number of likely N-dealkylation sites (N-methyl/N-ethyl adjacent to an activating group) is 1. The number of carbonyl (C=O) groups is 1. The standard InChI is InChI=1S/C27H30N8O2/c1-33(2)11-12-35-27-24(26(28)29-16-30-27)25(32-35)18-9-10-20(22(14-18)37-4)31-23(36)15-19-13-17-7-5-6-8-21(17)34(19)3/h5-10,13-14,16H,11-12,15H2,1-4H3,(H,31,36)(H2,28,29,30). The van der Waals surface area contributed by atoms with Crippen molar-refractivity contribution in [1.29, 1.82) is 0 Å². The number of nitrogens with two attached hydrogens (primary N) is 1. The lowest BCUT2D eigenvalue weighted by molar-refractivity contribution is -0.115. The molecule has 0 unspecified atom stereocenters. The van der Waals surface area contributed by atoms with E-state index < -0.39 is 0 Å². The summed E-state index contributed by atoms with van der Waals surface area (Å²) in [5.41, 5.74) is 11.0. The van der Waals surface area contributed by atoms with Gasteiger partial charge in [0.1, 0.15) is 23.6 Å². The topological polar surface area (TPSA) is 116 Å². The first-order valence-corrected chi connectivity index (χ1v) is 12.0. The molecule has 0 aliphatic heterocycles. The van der Waals surface area contributed by atoms with Crippen molar-refractivity contribution >= 4 is 39.3 Å². The second-order valence-corrected chi connectivity index (χ2v) is 9.23. The molecule has 0 bridgehead atoms. The minimum absolute atomic E-state index is 0.131. The first-order chi connectivity index (χ1) is 17.9. The maximum absolute atomic E-state index is 13.0. The van der Waals surface area contributed by atoms with E-state index in [-0.39, 0.29) is 12.3 Å². The van der Waals surface area contributed by atoms with Crippen molar-refractivity contribution in [3.05, 3.63) is 60.6 Å². The Labute approximate surface area is 214 Å². The van der Waals surface area contributed by atoms with Crippen LogP contribution in [-0.4, -0.2) is 62.9 Å². The number of nitrogens with zero attached hydrogens (tertiary/aromatic N) is 6. The number of amides is 1. The van der Waals surface area contributed by atoms with Gasteiger partial charge in [-0.3, -0.25) is 4.79 Å². The number of nitrogen functional groups attached to an aromatic ring is 1. The smallest absolute Gasteiger partial charge is 0.230 e. The molecule has 0 saturated heterocycles. The average Bonchev–Trinajstić information content (AvgIpc) is 3.41. The van der Waals surface area contributed by atoms with E-state index >= 15 is 0 Å². The van der Waals surface area contributed by atoms with Crippen LogP contribution in [0.2, 0.25) is 0 Å². The highest BCUT2D eigenvalue weighted by molar-refractivity contribution is 5.99. The number of fused-ring (bicyclic) bond motifs is 2. The van der Waals surface area contributed by atoms with Crippen molar-refractivity contribution < 1.29 is 9.53 Å². The van der Waals surface area contributed by atoms with Crippen LogP contribution in [-0.2, 0) is 24.8 Å². The molecule has 1 amide bonds. The molecular formula is C27H30N8O2. The molecule has 0 spiro atoms. The molecular weight excluding hydrogens is 468 g/mol. The second kappa shape index (κ2) is 9.90. The number of benzene rings is 2. The van der Waals surface area contributed by atoms with Gasteiger partial charge in [0, 0.05) is 30.4 Å². The van der Waals surface area contributed by atoms with E-state index in [4.69, 9.17) is 15.6 Å². The van der Waals surface area contributed by atoms with Crippen LogP contribution in [0.3, 0.4) is 0 Å². The van der Waals surface area contributed by atoms with Crippen molar-refractivity contribution in [2.75, 3.05) is 38.8 Å². The lowest BCUT2D eigenvalue weighted by Crippen LogP contribution is -2.19. The highest BCUT2D eigenvalue weighted by Gasteiger charge is 2.19. The summed E-state index contributed by atoms with van der Waals surface area (Å²) in [4.78, 5) is 23.6. The predicted octanol–water partition coefficient (Wildman–Crippen LogP) is 3.32. The monoisotopic (exact) mass is 498 g/mol. The Kier molecular flexibility index (Phi) is 6.49. The zero-order chi connectivity index (χ0) is 26.1. The normalized spacial score (nSPS) is 11.5. The molecule has 0 fully saturated rings. The number of hydrogen-bond donors (Lipinski definition) is 2. The van der Waals surface area contributed by atoms with E-state index in [0.29, 0.717) is 40.5 Å². The molecule has 2 aromatic carbocycles. The molecule has 10 heteroatoms. The first-order valence-electron chi connectivity index (χ1n) is 12.0. The van der Waals surface area contributed by atoms with Gasteiger partial charge in [-0.05, 0) is 43.7 Å². The number of rotatable bonds is 8. The molecule has 190 valence electrons. The van der Waals surface area contributed by atoms with Crippen molar-refractivity contribution in [2.24, 2.45) is 7.05 Å². The van der Waals surface area contributed by atoms with Crippen molar-refractivity contribution in [3.63, 3.8) is 0 Å². The highest BCUT2D eigenvalue weighted by Crippen LogP contribution is 2.35. The van der Waals surface area contributed by atoms with E-state index in [1.165, 1.54) is 6.33 Å². The summed E-state index contributed by atoms with van der Waals surface area (Å²) in [6.45, 7) is 1.45. The molecule has 3 N–H and O–H groups in total. The van der Waals surface area contributed by atoms with Crippen LogP contribution < -0.4 is 15.8 Å². The van der Waals surface area contributed by atoms with Gasteiger partial charge < -0.3 is 25.3 Å². The zero-order valence-corrected chi connectivity index (χ0v) is 21.4. The molecule has 37 heavy (non-hydrogen) atoms. The molecule has 3 heterocycles. The van der Waals surface area contributed by atoms with Crippen LogP contribution in [0.25, 0.3) is 33.2 Å². The minimum Gasteiger partial charge on any atom is -0.495 e. The molecule has 0 radical (unpaired) electrons. The van der Waals surface area contributed by atoms with Gasteiger partial charge in [0.05, 0.1) is 31.1 Å². The van der Waals surface area contributed by atoms with Crippen LogP contribution in [0.1, 0.15) is 5.69 Å². The van der Waals surface area contributed by atoms with Crippen LogP contribution in [0.15, 0.2) is 54.9 Å². The molecule has 5 aromatic rings. The summed E-state index contributed by atoms with van der Waals surface area (Å²) in [7, 11) is 7.56. The lowest BCUT2D eigenvalue weighted by atomic mass is 10.1. The largest absolute Gasteiger partial charge is 0.495 e. The predicted molar refractivity (Wildman–Crippen MR) is 146 cm³/mol. The van der Waals surface area contributed by atoms with Gasteiger partial charge in [-0.1, -0.05) is 24.3 Å². The van der Waals surface area contributed by atoms with Gasteiger partial charge in [0.25, 0.3) is 0 Å². The fourth-order valence-corrected chi connectivity index (χ4v) is 4.50. The maximum atomic E-state index is 13.0. The van der Waals surface area contributed by atoms with Gasteiger partial charge in [-0.2, -0.15) is 5.10 Å². The van der Waals surface area contributed by atoms with E-state index in [2.05, 4.69) is 20.2 Å². The van der Waals surface area contributed by atoms with Crippen LogP contribution in [0.4, 0.5) is 11.5 Å². The lowest BCUT2D eigenvalue weighted by Gasteiger charge is -2.12. The van der Waals surface area contributed by atoms with Crippen LogP contribution >= 0.6 is 0 Å². The number of nitrogens with one attached hydrogen (secondary N) is 1. The van der Waals surface area contributed by atoms with Crippen molar-refractivity contribution in [3.8, 4) is 17.0 Å². The molecule has 0 aliphatic rings. The molecule has 3 aromatic heterocycles. The minimum atomic E-state index is -0.131. The highest BCUT2D eigenvalue weighted by atomic mass is 16.5. The summed E-state index contributed by atoms with van der Waals surface area (Å²) in [5, 5.41) is 9.59. The summed E-state index contributed by atoms with van der Waals surface area (Å²) < 4.78 is 9.52. The molecule has 0 aliphatic carbocycles. The summed E-state index contributed by atoms with van der Waals surface area (Å²) in [6.07, 6.45) is 1.69. The Morgan fingerprint density at radius 3 is 2.70 bits per heavy atom. The number of aryl methyl sites for hydroxylation is 1. The quantitative estimate of drug-likeness (QED) is 0.337. The fourth-order valence-electron chi connectivity index (χ4n) is 4.50. The number of ether oxygens (including phenoxy) is 1. The Balaban J connectivity index is 1.43. The number of carbonyl (C=O) groups excluding carboxylic acids is 1. The SMILES string of the molecule is COc1cc(-c2nn(CCN(C)C)c3ncnc(N)c23)ccc1NC(=O)Cc1cc2ccccc2n1C. The Bertz CT molecular complexity index is 1600. The Morgan fingerprint density at radius 1 is 1.14 bits per heavy atom. The first kappa shape index (κ1) is 24.3. The number of para-hydroxylation sites is 1. The number of aromatic nitrogens is 5. The van der Waals surface area contributed by atoms with Gasteiger partial charge in [0.15, 0.2) is 5.65 Å². The average molecular weight is 499 g/mol. The van der Waals surface area contributed by atoms with E-state index in [9.17, 15) is 4.79 Å². The van der Waals surface area contributed by atoms with E-state index in [1.54, 1.807) is 7.11 Å². The van der Waals surface area contributed by atoms with E-state index in [0.717, 1.165) is 28.7 Å². The van der Waals surface area contributed by atoms with Gasteiger partial charge in [-0.15, -0.1) is 0 Å². The number of methoxy groups -OCH3 is 1. The number of anilines is 2. The third-order valence-corrected chi connectivity index (χ3v) is 6.46. The summed E-state index contributed by atoms with van der Waals surface area (Å²) in [6, 6.07) is 15.7. The summed E-state index contributed by atoms with van der Waals surface area (Å²) in [5.74, 6) is 0.754. The van der Waals surface area contributed by atoms with Gasteiger partial charge >= 0.3 is 0 Å². The summed E-state index contributed by atoms with van der Waals surface area (Å²) >= 11 is 0. The second-order valence-electron chi connectivity index (χ2n) is 9.23. The third kappa shape index (κ3) is 4.70. The zero-order valence-electron chi connectivity index (χ0n) is 21.4. The fraction of sp³-hybridized carbons (Fsp3) is 0.259. The van der Waals surface area contributed by atoms with Crippen LogP contribution in [0.5, 0.6) is 5.75 Å². The van der Waals surface area contributed by atoms with Gasteiger partial charge in [0.2, 0.25) is 5.91 Å². The Morgan fingerprint density at radius 2 is 1.95 bits per heavy atom. The third-order valence-electron chi connectivity index (χ3n) is 6.46. The molecule has 0 saturated carbocycles. The molecule has 5 rings (SSSR count). The van der Waals surface area contributed by atoms with E-state index in [1.807, 2.05) is 78.9 Å². The van der Waals surface area contributed by atoms with Crippen molar-refractivity contribution in [2.45, 2.75) is 13.0 Å². The van der Waals surface area contributed by atoms with Gasteiger partial charge in [-0.25, -0.2) is 14.6 Å². The Hall–Kier alpha value is -4.44. The van der Waals surface area contributed by atoms with Crippen molar-refractivity contribution in [1.82, 2.24) is 29.2 Å².